The summed E-state index contributed by atoms with van der Waals surface area (Å²) in [7, 11) is 1.29. The van der Waals surface area contributed by atoms with E-state index in [0.717, 1.165) is 36.5 Å². The molecule has 1 aliphatic rings. The summed E-state index contributed by atoms with van der Waals surface area (Å²) >= 11 is 12.3. The lowest BCUT2D eigenvalue weighted by atomic mass is 9.96. The average molecular weight is 421 g/mol. The molecule has 1 heterocycles. The van der Waals surface area contributed by atoms with Crippen molar-refractivity contribution < 1.29 is 14.3 Å². The second kappa shape index (κ2) is 9.41. The molecule has 0 aromatic heterocycles. The molecule has 0 saturated carbocycles. The van der Waals surface area contributed by atoms with Crippen LogP contribution in [-0.4, -0.2) is 37.0 Å². The Labute approximate surface area is 174 Å². The minimum Gasteiger partial charge on any atom is -0.465 e. The van der Waals surface area contributed by atoms with Gasteiger partial charge in [0.2, 0.25) is 5.91 Å². The highest BCUT2D eigenvalue weighted by atomic mass is 35.5. The van der Waals surface area contributed by atoms with Crippen LogP contribution in [-0.2, 0) is 16.1 Å². The van der Waals surface area contributed by atoms with Gasteiger partial charge in [-0.05, 0) is 49.2 Å². The van der Waals surface area contributed by atoms with Crippen molar-refractivity contribution in [2.24, 2.45) is 5.92 Å². The van der Waals surface area contributed by atoms with Crippen LogP contribution >= 0.6 is 23.2 Å². The number of hydrogen-bond acceptors (Lipinski definition) is 4. The smallest absolute Gasteiger partial charge is 0.339 e. The van der Waals surface area contributed by atoms with Crippen molar-refractivity contribution in [2.75, 3.05) is 25.5 Å². The first-order valence-electron chi connectivity index (χ1n) is 9.12. The number of carbonyl (C=O) groups is 2. The summed E-state index contributed by atoms with van der Waals surface area (Å²) < 4.78 is 4.72. The zero-order valence-electron chi connectivity index (χ0n) is 15.6. The van der Waals surface area contributed by atoms with E-state index in [2.05, 4.69) is 10.2 Å². The third-order valence-corrected chi connectivity index (χ3v) is 5.57. The van der Waals surface area contributed by atoms with Crippen LogP contribution in [0.25, 0.3) is 0 Å². The molecule has 1 unspecified atom stereocenters. The molecule has 1 amide bonds. The van der Waals surface area contributed by atoms with Gasteiger partial charge in [0.1, 0.15) is 0 Å². The first-order chi connectivity index (χ1) is 13.5. The molecule has 5 nitrogen and oxygen atoms in total. The largest absolute Gasteiger partial charge is 0.465 e. The second-order valence-corrected chi connectivity index (χ2v) is 7.66. The zero-order chi connectivity index (χ0) is 20.1. The van der Waals surface area contributed by atoms with Crippen molar-refractivity contribution in [3.8, 4) is 0 Å². The van der Waals surface area contributed by atoms with Crippen LogP contribution in [0, 0.1) is 5.92 Å². The minimum absolute atomic E-state index is 0.0676. The molecular weight excluding hydrogens is 399 g/mol. The lowest BCUT2D eigenvalue weighted by Gasteiger charge is -2.32. The fraction of sp³-hybridized carbons (Fsp3) is 0.333. The number of nitrogens with one attached hydrogen (secondary N) is 1. The lowest BCUT2D eigenvalue weighted by molar-refractivity contribution is -0.121. The molecule has 1 aliphatic heterocycles. The molecule has 1 N–H and O–H groups in total. The summed E-state index contributed by atoms with van der Waals surface area (Å²) in [4.78, 5) is 26.8. The number of halogens is 2. The number of benzene rings is 2. The molecule has 148 valence electrons. The molecule has 3 rings (SSSR count). The molecule has 7 heteroatoms. The van der Waals surface area contributed by atoms with Gasteiger partial charge in [0, 0.05) is 23.8 Å². The molecule has 0 radical (unpaired) electrons. The van der Waals surface area contributed by atoms with E-state index in [0.29, 0.717) is 12.2 Å². The maximum atomic E-state index is 12.8. The molecule has 0 bridgehead atoms. The average Bonchev–Trinajstić information content (AvgIpc) is 2.71. The maximum Gasteiger partial charge on any atom is 0.339 e. The standard InChI is InChI=1S/C21H22Cl2N2O3/c1-28-21(27)17-11-16(8-9-19(17)23)24-20(26)15-6-4-10-25(13-15)12-14-5-2-3-7-18(14)22/h2-3,5,7-9,11,15H,4,6,10,12-13H2,1H3,(H,24,26). The Balaban J connectivity index is 1.64. The van der Waals surface area contributed by atoms with E-state index in [1.165, 1.54) is 13.2 Å². The Hall–Kier alpha value is -2.08. The van der Waals surface area contributed by atoms with Crippen LogP contribution in [0.5, 0.6) is 0 Å². The first-order valence-corrected chi connectivity index (χ1v) is 9.88. The van der Waals surface area contributed by atoms with Crippen LogP contribution < -0.4 is 5.32 Å². The summed E-state index contributed by atoms with van der Waals surface area (Å²) in [5.74, 6) is -0.736. The van der Waals surface area contributed by atoms with Gasteiger partial charge in [-0.15, -0.1) is 0 Å². The van der Waals surface area contributed by atoms with Gasteiger partial charge in [-0.1, -0.05) is 41.4 Å². The molecule has 1 fully saturated rings. The quantitative estimate of drug-likeness (QED) is 0.716. The van der Waals surface area contributed by atoms with Gasteiger partial charge in [-0.3, -0.25) is 9.69 Å². The van der Waals surface area contributed by atoms with Crippen LogP contribution in [0.3, 0.4) is 0 Å². The van der Waals surface area contributed by atoms with Crippen molar-refractivity contribution in [2.45, 2.75) is 19.4 Å². The normalized spacial score (nSPS) is 17.2. The molecular formula is C21H22Cl2N2O3. The van der Waals surface area contributed by atoms with E-state index in [-0.39, 0.29) is 22.4 Å². The third kappa shape index (κ3) is 5.04. The number of methoxy groups -OCH3 is 1. The van der Waals surface area contributed by atoms with Crippen molar-refractivity contribution in [3.63, 3.8) is 0 Å². The molecule has 2 aromatic rings. The van der Waals surface area contributed by atoms with Crippen LogP contribution in [0.4, 0.5) is 5.69 Å². The number of esters is 1. The minimum atomic E-state index is -0.537. The van der Waals surface area contributed by atoms with Gasteiger partial charge in [0.15, 0.2) is 0 Å². The Kier molecular flexibility index (Phi) is 6.94. The van der Waals surface area contributed by atoms with E-state index in [4.69, 9.17) is 27.9 Å². The summed E-state index contributed by atoms with van der Waals surface area (Å²) in [5, 5.41) is 3.92. The van der Waals surface area contributed by atoms with E-state index in [9.17, 15) is 9.59 Å². The third-order valence-electron chi connectivity index (χ3n) is 4.87. The SMILES string of the molecule is COC(=O)c1cc(NC(=O)C2CCCN(Cc3ccccc3Cl)C2)ccc1Cl. The van der Waals surface area contributed by atoms with E-state index < -0.39 is 5.97 Å². The summed E-state index contributed by atoms with van der Waals surface area (Å²) in [5.41, 5.74) is 1.81. The van der Waals surface area contributed by atoms with Gasteiger partial charge < -0.3 is 10.1 Å². The number of likely N-dealkylation sites (tertiary alicyclic amines) is 1. The number of rotatable bonds is 5. The molecule has 2 aromatic carbocycles. The van der Waals surface area contributed by atoms with Gasteiger partial charge in [-0.2, -0.15) is 0 Å². The number of piperidine rings is 1. The molecule has 28 heavy (non-hydrogen) atoms. The Morgan fingerprint density at radius 1 is 1.18 bits per heavy atom. The monoisotopic (exact) mass is 420 g/mol. The lowest BCUT2D eigenvalue weighted by Crippen LogP contribution is -2.40. The van der Waals surface area contributed by atoms with Crippen molar-refractivity contribution >= 4 is 40.8 Å². The van der Waals surface area contributed by atoms with Gasteiger partial charge >= 0.3 is 5.97 Å². The van der Waals surface area contributed by atoms with E-state index in [1.54, 1.807) is 12.1 Å². The molecule has 0 spiro atoms. The van der Waals surface area contributed by atoms with Crippen molar-refractivity contribution in [1.29, 1.82) is 0 Å². The number of hydrogen-bond donors (Lipinski definition) is 1. The fourth-order valence-corrected chi connectivity index (χ4v) is 3.78. The molecule has 0 aliphatic carbocycles. The van der Waals surface area contributed by atoms with E-state index in [1.807, 2.05) is 24.3 Å². The Bertz CT molecular complexity index is 872. The summed E-state index contributed by atoms with van der Waals surface area (Å²) in [6.07, 6.45) is 1.76. The fourth-order valence-electron chi connectivity index (χ4n) is 3.39. The number of amides is 1. The van der Waals surface area contributed by atoms with E-state index >= 15 is 0 Å². The maximum absolute atomic E-state index is 12.8. The zero-order valence-corrected chi connectivity index (χ0v) is 17.1. The summed E-state index contributed by atoms with van der Waals surface area (Å²) in [6.45, 7) is 2.31. The predicted molar refractivity (Wildman–Crippen MR) is 111 cm³/mol. The number of nitrogens with zero attached hydrogens (tertiary/aromatic N) is 1. The van der Waals surface area contributed by atoms with Crippen molar-refractivity contribution in [3.05, 3.63) is 63.6 Å². The highest BCUT2D eigenvalue weighted by Crippen LogP contribution is 2.25. The summed E-state index contributed by atoms with van der Waals surface area (Å²) in [6, 6.07) is 12.6. The van der Waals surface area contributed by atoms with Gasteiger partial charge in [0.05, 0.1) is 23.6 Å². The molecule has 1 atom stereocenters. The van der Waals surface area contributed by atoms with Gasteiger partial charge in [0.25, 0.3) is 0 Å². The van der Waals surface area contributed by atoms with Crippen LogP contribution in [0.1, 0.15) is 28.8 Å². The molecule has 1 saturated heterocycles. The number of ether oxygens (including phenoxy) is 1. The first kappa shape index (κ1) is 20.6. The second-order valence-electron chi connectivity index (χ2n) is 6.84. The number of anilines is 1. The van der Waals surface area contributed by atoms with Gasteiger partial charge in [-0.25, -0.2) is 4.79 Å². The van der Waals surface area contributed by atoms with Crippen molar-refractivity contribution in [1.82, 2.24) is 4.90 Å². The topological polar surface area (TPSA) is 58.6 Å². The van der Waals surface area contributed by atoms with Crippen LogP contribution in [0.15, 0.2) is 42.5 Å². The predicted octanol–water partition coefficient (Wildman–Crippen LogP) is 4.63. The Morgan fingerprint density at radius 3 is 2.71 bits per heavy atom. The highest BCUT2D eigenvalue weighted by molar-refractivity contribution is 6.33. The number of carbonyl (C=O) groups excluding carboxylic acids is 2. The highest BCUT2D eigenvalue weighted by Gasteiger charge is 2.26. The van der Waals surface area contributed by atoms with Crippen LogP contribution in [0.2, 0.25) is 10.0 Å². The Morgan fingerprint density at radius 2 is 1.96 bits per heavy atom.